The molecular weight excluding hydrogens is 312 g/mol. The number of rotatable bonds is 4. The van der Waals surface area contributed by atoms with Gasteiger partial charge in [-0.3, -0.25) is 9.36 Å². The summed E-state index contributed by atoms with van der Waals surface area (Å²) in [5.74, 6) is 0.463. The van der Waals surface area contributed by atoms with E-state index in [1.807, 2.05) is 53.6 Å². The van der Waals surface area contributed by atoms with Gasteiger partial charge < -0.3 is 9.64 Å². The Kier molecular flexibility index (Phi) is 4.97. The van der Waals surface area contributed by atoms with E-state index in [4.69, 9.17) is 4.74 Å². The Balaban J connectivity index is 1.63. The van der Waals surface area contributed by atoms with E-state index in [2.05, 4.69) is 10.2 Å². The highest BCUT2D eigenvalue weighted by atomic mass is 32.2. The Bertz CT molecular complexity index is 651. The van der Waals surface area contributed by atoms with Gasteiger partial charge in [-0.25, -0.2) is 0 Å². The normalized spacial score (nSPS) is 21.4. The van der Waals surface area contributed by atoms with E-state index in [1.165, 1.54) is 11.8 Å². The molecule has 1 amide bonds. The van der Waals surface area contributed by atoms with E-state index < -0.39 is 0 Å². The van der Waals surface area contributed by atoms with Crippen molar-refractivity contribution in [2.75, 3.05) is 18.8 Å². The predicted molar refractivity (Wildman–Crippen MR) is 88.7 cm³/mol. The maximum atomic E-state index is 12.4. The highest BCUT2D eigenvalue weighted by molar-refractivity contribution is 7.99. The van der Waals surface area contributed by atoms with E-state index in [0.717, 1.165) is 10.8 Å². The van der Waals surface area contributed by atoms with Gasteiger partial charge in [-0.2, -0.15) is 0 Å². The number of carbonyl (C=O) groups excluding carboxylic acids is 1. The fourth-order valence-electron chi connectivity index (χ4n) is 2.69. The lowest BCUT2D eigenvalue weighted by atomic mass is 10.2. The van der Waals surface area contributed by atoms with Crippen LogP contribution in [0.3, 0.4) is 0 Å². The molecule has 0 aliphatic carbocycles. The van der Waals surface area contributed by atoms with Crippen LogP contribution in [0.5, 0.6) is 0 Å². The van der Waals surface area contributed by atoms with Crippen molar-refractivity contribution in [1.82, 2.24) is 19.7 Å². The maximum Gasteiger partial charge on any atom is 0.233 e. The van der Waals surface area contributed by atoms with Gasteiger partial charge in [0.25, 0.3) is 0 Å². The molecule has 0 saturated carbocycles. The maximum absolute atomic E-state index is 12.4. The number of thioether (sulfide) groups is 1. The number of ether oxygens (including phenoxy) is 1. The minimum Gasteiger partial charge on any atom is -0.372 e. The third-order valence-corrected chi connectivity index (χ3v) is 4.58. The van der Waals surface area contributed by atoms with Crippen LogP contribution in [0.25, 0.3) is 5.69 Å². The molecule has 1 fully saturated rings. The molecule has 23 heavy (non-hydrogen) atoms. The highest BCUT2D eigenvalue weighted by Crippen LogP contribution is 2.20. The SMILES string of the molecule is C[C@H]1CN(C(=O)CSc2nncn2-c2ccccc2)C[C@H](C)O1. The van der Waals surface area contributed by atoms with Crippen molar-refractivity contribution >= 4 is 17.7 Å². The van der Waals surface area contributed by atoms with Gasteiger partial charge in [0.2, 0.25) is 5.91 Å². The van der Waals surface area contributed by atoms with E-state index >= 15 is 0 Å². The number of carbonyl (C=O) groups is 1. The fourth-order valence-corrected chi connectivity index (χ4v) is 3.52. The molecule has 122 valence electrons. The summed E-state index contributed by atoms with van der Waals surface area (Å²) in [6.07, 6.45) is 1.84. The third kappa shape index (κ3) is 3.92. The minimum atomic E-state index is 0.0840. The number of aromatic nitrogens is 3. The second-order valence-corrected chi connectivity index (χ2v) is 6.61. The topological polar surface area (TPSA) is 60.2 Å². The van der Waals surface area contributed by atoms with E-state index in [1.54, 1.807) is 6.33 Å². The summed E-state index contributed by atoms with van der Waals surface area (Å²) >= 11 is 1.41. The first-order valence-corrected chi connectivity index (χ1v) is 8.63. The molecule has 0 unspecified atom stereocenters. The molecule has 1 aromatic heterocycles. The number of benzene rings is 1. The van der Waals surface area contributed by atoms with Gasteiger partial charge in [0, 0.05) is 18.8 Å². The van der Waals surface area contributed by atoms with Crippen LogP contribution in [0, 0.1) is 0 Å². The van der Waals surface area contributed by atoms with Gasteiger partial charge in [-0.05, 0) is 26.0 Å². The molecule has 7 heteroatoms. The summed E-state index contributed by atoms with van der Waals surface area (Å²) in [5.41, 5.74) is 0.987. The number of morpholine rings is 1. The molecule has 0 radical (unpaired) electrons. The number of hydrogen-bond acceptors (Lipinski definition) is 5. The molecule has 0 spiro atoms. The fraction of sp³-hybridized carbons (Fsp3) is 0.438. The Morgan fingerprint density at radius 2 is 1.96 bits per heavy atom. The quantitative estimate of drug-likeness (QED) is 0.802. The zero-order valence-corrected chi connectivity index (χ0v) is 14.1. The Morgan fingerprint density at radius 1 is 1.26 bits per heavy atom. The summed E-state index contributed by atoms with van der Waals surface area (Å²) in [4.78, 5) is 14.3. The lowest BCUT2D eigenvalue weighted by molar-refractivity contribution is -0.140. The molecule has 2 heterocycles. The molecule has 6 nitrogen and oxygen atoms in total. The standard InChI is InChI=1S/C16H20N4O2S/c1-12-8-19(9-13(2)22-12)15(21)10-23-16-18-17-11-20(16)14-6-4-3-5-7-14/h3-7,11-13H,8-10H2,1-2H3/t12-,13-/m0/s1. The highest BCUT2D eigenvalue weighted by Gasteiger charge is 2.26. The largest absolute Gasteiger partial charge is 0.372 e. The van der Waals surface area contributed by atoms with Crippen molar-refractivity contribution in [3.63, 3.8) is 0 Å². The number of nitrogens with zero attached hydrogens (tertiary/aromatic N) is 4. The number of para-hydroxylation sites is 1. The van der Waals surface area contributed by atoms with Gasteiger partial charge in [0.15, 0.2) is 5.16 Å². The average molecular weight is 332 g/mol. The molecule has 0 bridgehead atoms. The zero-order valence-electron chi connectivity index (χ0n) is 13.3. The smallest absolute Gasteiger partial charge is 0.233 e. The summed E-state index contributed by atoms with van der Waals surface area (Å²) in [5, 5.41) is 8.80. The van der Waals surface area contributed by atoms with Crippen LogP contribution in [-0.4, -0.2) is 56.6 Å². The summed E-state index contributed by atoms with van der Waals surface area (Å²) in [6, 6.07) is 9.86. The van der Waals surface area contributed by atoms with E-state index in [0.29, 0.717) is 18.8 Å². The van der Waals surface area contributed by atoms with Crippen molar-refractivity contribution in [1.29, 1.82) is 0 Å². The van der Waals surface area contributed by atoms with Crippen LogP contribution >= 0.6 is 11.8 Å². The molecule has 2 atom stereocenters. The Hall–Kier alpha value is -1.86. The number of hydrogen-bond donors (Lipinski definition) is 0. The molecule has 0 N–H and O–H groups in total. The lowest BCUT2D eigenvalue weighted by Crippen LogP contribution is -2.48. The number of amides is 1. The Labute approximate surface area is 139 Å². The first kappa shape index (κ1) is 16.0. The second-order valence-electron chi connectivity index (χ2n) is 5.66. The van der Waals surface area contributed by atoms with Crippen LogP contribution in [0.1, 0.15) is 13.8 Å². The second kappa shape index (κ2) is 7.14. The van der Waals surface area contributed by atoms with Crippen LogP contribution in [-0.2, 0) is 9.53 Å². The monoisotopic (exact) mass is 332 g/mol. The summed E-state index contributed by atoms with van der Waals surface area (Å²) < 4.78 is 7.56. The summed E-state index contributed by atoms with van der Waals surface area (Å²) in [6.45, 7) is 5.29. The lowest BCUT2D eigenvalue weighted by Gasteiger charge is -2.35. The first-order chi connectivity index (χ1) is 11.1. The molecule has 1 aromatic carbocycles. The zero-order chi connectivity index (χ0) is 16.2. The first-order valence-electron chi connectivity index (χ1n) is 7.65. The average Bonchev–Trinajstić information content (AvgIpc) is 3.01. The summed E-state index contributed by atoms with van der Waals surface area (Å²) in [7, 11) is 0. The van der Waals surface area contributed by atoms with Gasteiger partial charge in [-0.15, -0.1) is 10.2 Å². The molecule has 1 aliphatic rings. The third-order valence-electron chi connectivity index (χ3n) is 3.65. The van der Waals surface area contributed by atoms with Gasteiger partial charge >= 0.3 is 0 Å². The van der Waals surface area contributed by atoms with Crippen LogP contribution in [0.15, 0.2) is 41.8 Å². The van der Waals surface area contributed by atoms with Gasteiger partial charge in [0.1, 0.15) is 6.33 Å². The van der Waals surface area contributed by atoms with Gasteiger partial charge in [-0.1, -0.05) is 30.0 Å². The molecule has 1 aliphatic heterocycles. The molecule has 1 saturated heterocycles. The van der Waals surface area contributed by atoms with Crippen molar-refractivity contribution in [2.24, 2.45) is 0 Å². The van der Waals surface area contributed by atoms with Crippen molar-refractivity contribution in [3.05, 3.63) is 36.7 Å². The van der Waals surface area contributed by atoms with E-state index in [9.17, 15) is 4.79 Å². The molecule has 3 rings (SSSR count). The molecule has 2 aromatic rings. The van der Waals surface area contributed by atoms with Crippen LogP contribution in [0.4, 0.5) is 0 Å². The molecular formula is C16H20N4O2S. The van der Waals surface area contributed by atoms with Crippen LogP contribution < -0.4 is 0 Å². The van der Waals surface area contributed by atoms with Gasteiger partial charge in [0.05, 0.1) is 18.0 Å². The van der Waals surface area contributed by atoms with Crippen molar-refractivity contribution < 1.29 is 9.53 Å². The minimum absolute atomic E-state index is 0.0840. The van der Waals surface area contributed by atoms with Crippen LogP contribution in [0.2, 0.25) is 0 Å². The van der Waals surface area contributed by atoms with Crippen molar-refractivity contribution in [2.45, 2.75) is 31.2 Å². The van der Waals surface area contributed by atoms with E-state index in [-0.39, 0.29) is 18.1 Å². The van der Waals surface area contributed by atoms with Crippen molar-refractivity contribution in [3.8, 4) is 5.69 Å². The predicted octanol–water partition coefficient (Wildman–Crippen LogP) is 2.00. The Morgan fingerprint density at radius 3 is 2.65 bits per heavy atom.